The van der Waals surface area contributed by atoms with E-state index in [1.165, 1.54) is 26.7 Å². The molecule has 0 bridgehead atoms. The number of rotatable bonds is 4. The van der Waals surface area contributed by atoms with E-state index in [1.54, 1.807) is 18.2 Å². The normalized spacial score (nSPS) is 27.8. The van der Waals surface area contributed by atoms with Gasteiger partial charge in [0, 0.05) is 29.6 Å². The van der Waals surface area contributed by atoms with Crippen LogP contribution < -0.4 is 9.64 Å². The number of carbonyl (C=O) groups is 2. The maximum absolute atomic E-state index is 13.5. The van der Waals surface area contributed by atoms with Gasteiger partial charge in [0.1, 0.15) is 5.75 Å². The number of halogens is 3. The summed E-state index contributed by atoms with van der Waals surface area (Å²) in [7, 11) is 2.64. The molecule has 2 aromatic carbocycles. The van der Waals surface area contributed by atoms with Gasteiger partial charge in [0.25, 0.3) is 0 Å². The molecule has 4 atom stereocenters. The first-order valence-corrected chi connectivity index (χ1v) is 13.1. The topological polar surface area (TPSA) is 65.1 Å². The first kappa shape index (κ1) is 25.1. The molecule has 38 heavy (non-hydrogen) atoms. The lowest BCUT2D eigenvalue weighted by molar-refractivity contribution is -0.274. The van der Waals surface area contributed by atoms with E-state index in [0.717, 1.165) is 42.5 Å². The van der Waals surface area contributed by atoms with Gasteiger partial charge in [-0.1, -0.05) is 37.5 Å². The molecule has 0 aromatic heterocycles. The van der Waals surface area contributed by atoms with E-state index in [2.05, 4.69) is 9.64 Å². The Hall–Kier alpha value is -3.23. The minimum absolute atomic E-state index is 0.00378. The Bertz CT molecular complexity index is 1290. The minimum Gasteiger partial charge on any atom is -0.469 e. The van der Waals surface area contributed by atoms with Crippen LogP contribution in [0.2, 0.25) is 0 Å². The summed E-state index contributed by atoms with van der Waals surface area (Å²) in [4.78, 5) is 27.8. The summed E-state index contributed by atoms with van der Waals surface area (Å²) in [6, 6.07) is 10.1. The molecule has 9 heteroatoms. The van der Waals surface area contributed by atoms with E-state index in [-0.39, 0.29) is 24.3 Å². The fourth-order valence-electron chi connectivity index (χ4n) is 7.44. The molecule has 4 unspecified atom stereocenters. The minimum atomic E-state index is -4.86. The molecule has 6 rings (SSSR count). The van der Waals surface area contributed by atoms with Crippen LogP contribution in [0, 0.1) is 11.3 Å². The molecular weight excluding hydrogens is 499 g/mol. The SMILES string of the molecule is COC(=O)c1ccc2c(c1)N1CC3(C(=O)OC)CC3c3c(OC(F)(F)F)cccc3C1C2C1CCCCC1. The zero-order chi connectivity index (χ0) is 26.8. The van der Waals surface area contributed by atoms with Crippen LogP contribution in [0.4, 0.5) is 18.9 Å². The van der Waals surface area contributed by atoms with Gasteiger partial charge in [-0.3, -0.25) is 4.79 Å². The molecule has 2 fully saturated rings. The summed E-state index contributed by atoms with van der Waals surface area (Å²) in [5.74, 6) is -1.28. The second-order valence-electron chi connectivity index (χ2n) is 11.0. The molecule has 2 heterocycles. The van der Waals surface area contributed by atoms with Crippen LogP contribution in [0.25, 0.3) is 0 Å². The van der Waals surface area contributed by atoms with E-state index in [4.69, 9.17) is 9.47 Å². The fraction of sp³-hybridized carbons (Fsp3) is 0.517. The van der Waals surface area contributed by atoms with E-state index >= 15 is 0 Å². The predicted molar refractivity (Wildman–Crippen MR) is 132 cm³/mol. The van der Waals surface area contributed by atoms with Crippen LogP contribution in [0.5, 0.6) is 5.75 Å². The summed E-state index contributed by atoms with van der Waals surface area (Å²) in [5, 5.41) is 0. The number of esters is 2. The molecule has 2 aliphatic heterocycles. The highest BCUT2D eigenvalue weighted by molar-refractivity contribution is 5.92. The van der Waals surface area contributed by atoms with Crippen molar-refractivity contribution in [1.82, 2.24) is 0 Å². The molecule has 0 radical (unpaired) electrons. The number of alkyl halides is 3. The van der Waals surface area contributed by atoms with Crippen molar-refractivity contribution in [1.29, 1.82) is 0 Å². The summed E-state index contributed by atoms with van der Waals surface area (Å²) < 4.78 is 55.3. The van der Waals surface area contributed by atoms with Crippen molar-refractivity contribution in [3.05, 3.63) is 58.7 Å². The van der Waals surface area contributed by atoms with Crippen molar-refractivity contribution >= 4 is 17.6 Å². The average molecular weight is 530 g/mol. The molecule has 0 saturated heterocycles. The van der Waals surface area contributed by atoms with Crippen LogP contribution in [-0.2, 0) is 14.3 Å². The first-order valence-electron chi connectivity index (χ1n) is 13.1. The Morgan fingerprint density at radius 2 is 1.76 bits per heavy atom. The van der Waals surface area contributed by atoms with Crippen molar-refractivity contribution < 1.29 is 37.0 Å². The third kappa shape index (κ3) is 3.84. The van der Waals surface area contributed by atoms with Crippen molar-refractivity contribution in [2.45, 2.75) is 62.8 Å². The molecule has 0 spiro atoms. The number of anilines is 1. The summed E-state index contributed by atoms with van der Waals surface area (Å²) in [6.45, 7) is 0.288. The van der Waals surface area contributed by atoms with Crippen molar-refractivity contribution in [2.75, 3.05) is 25.7 Å². The molecule has 6 nitrogen and oxygen atoms in total. The number of methoxy groups -OCH3 is 2. The Morgan fingerprint density at radius 3 is 2.45 bits per heavy atom. The quantitative estimate of drug-likeness (QED) is 0.436. The number of ether oxygens (including phenoxy) is 3. The number of fused-ring (bicyclic) bond motifs is 7. The van der Waals surface area contributed by atoms with Gasteiger partial charge in [0.05, 0.1) is 31.2 Å². The smallest absolute Gasteiger partial charge is 0.469 e. The molecular formula is C29H30F3NO5. The Morgan fingerprint density at radius 1 is 1.00 bits per heavy atom. The second kappa shape index (κ2) is 8.92. The molecule has 2 aliphatic carbocycles. The number of hydrogen-bond acceptors (Lipinski definition) is 6. The monoisotopic (exact) mass is 529 g/mol. The highest BCUT2D eigenvalue weighted by Gasteiger charge is 2.67. The molecule has 202 valence electrons. The lowest BCUT2D eigenvalue weighted by atomic mass is 9.72. The fourth-order valence-corrected chi connectivity index (χ4v) is 7.44. The van der Waals surface area contributed by atoms with Crippen molar-refractivity contribution in [3.63, 3.8) is 0 Å². The van der Waals surface area contributed by atoms with Gasteiger partial charge in [0.15, 0.2) is 0 Å². The van der Waals surface area contributed by atoms with E-state index < -0.39 is 29.6 Å². The Balaban J connectivity index is 1.57. The van der Waals surface area contributed by atoms with Gasteiger partial charge < -0.3 is 19.1 Å². The third-order valence-electron chi connectivity index (χ3n) is 9.07. The van der Waals surface area contributed by atoms with Crippen LogP contribution in [0.3, 0.4) is 0 Å². The standard InChI is InChI=1S/C29H30F3NO5/c1-36-26(34)17-11-12-18-21(13-17)33-15-28(27(35)37-2)14-20(28)24-19(9-6-10-22(24)38-29(30,31)32)25(33)23(18)16-7-4-3-5-8-16/h6,9-13,16,20,23,25H,3-5,7-8,14-15H2,1-2H3. The first-order chi connectivity index (χ1) is 18.2. The molecule has 4 aliphatic rings. The van der Waals surface area contributed by atoms with Gasteiger partial charge in [0.2, 0.25) is 0 Å². The van der Waals surface area contributed by atoms with E-state index in [1.807, 2.05) is 12.1 Å². The maximum Gasteiger partial charge on any atom is 0.573 e. The van der Waals surface area contributed by atoms with Gasteiger partial charge in [-0.05, 0) is 54.5 Å². The highest BCUT2D eigenvalue weighted by atomic mass is 19.4. The number of nitrogens with zero attached hydrogens (tertiary/aromatic N) is 1. The number of carbonyl (C=O) groups excluding carboxylic acids is 2. The summed E-state index contributed by atoms with van der Waals surface area (Å²) >= 11 is 0. The summed E-state index contributed by atoms with van der Waals surface area (Å²) in [6.07, 6.45) is 0.915. The zero-order valence-electron chi connectivity index (χ0n) is 21.3. The lowest BCUT2D eigenvalue weighted by Gasteiger charge is -2.37. The summed E-state index contributed by atoms with van der Waals surface area (Å²) in [5.41, 5.74) is 2.49. The molecule has 0 N–H and O–H groups in total. The van der Waals surface area contributed by atoms with Gasteiger partial charge in [-0.25, -0.2) is 4.79 Å². The third-order valence-corrected chi connectivity index (χ3v) is 9.07. The number of benzene rings is 2. The van der Waals surface area contributed by atoms with Crippen molar-refractivity contribution in [2.24, 2.45) is 11.3 Å². The lowest BCUT2D eigenvalue weighted by Crippen LogP contribution is -2.37. The van der Waals surface area contributed by atoms with Gasteiger partial charge in [-0.2, -0.15) is 0 Å². The van der Waals surface area contributed by atoms with Gasteiger partial charge >= 0.3 is 18.3 Å². The molecule has 2 aromatic rings. The van der Waals surface area contributed by atoms with Crippen molar-refractivity contribution in [3.8, 4) is 5.75 Å². The largest absolute Gasteiger partial charge is 0.573 e. The molecule has 0 amide bonds. The van der Waals surface area contributed by atoms with Crippen LogP contribution >= 0.6 is 0 Å². The highest BCUT2D eigenvalue weighted by Crippen LogP contribution is 2.69. The molecule has 2 saturated carbocycles. The van der Waals surface area contributed by atoms with E-state index in [0.29, 0.717) is 23.5 Å². The Labute approximate surface area is 219 Å². The Kier molecular flexibility index (Phi) is 5.88. The average Bonchev–Trinajstić information content (AvgIpc) is 3.56. The maximum atomic E-state index is 13.5. The second-order valence-corrected chi connectivity index (χ2v) is 11.0. The zero-order valence-corrected chi connectivity index (χ0v) is 21.3. The van der Waals surface area contributed by atoms with Crippen LogP contribution in [0.1, 0.15) is 83.5 Å². The van der Waals surface area contributed by atoms with Crippen LogP contribution in [-0.4, -0.2) is 39.1 Å². The van der Waals surface area contributed by atoms with E-state index in [9.17, 15) is 22.8 Å². The predicted octanol–water partition coefficient (Wildman–Crippen LogP) is 6.26. The number of hydrogen-bond donors (Lipinski definition) is 0. The van der Waals surface area contributed by atoms with Gasteiger partial charge in [-0.15, -0.1) is 13.2 Å². The van der Waals surface area contributed by atoms with Crippen LogP contribution in [0.15, 0.2) is 36.4 Å².